The maximum atomic E-state index is 14.6. The number of carbonyl (C=O) groups is 1. The smallest absolute Gasteiger partial charge is 0.327 e. The molecular weight excluding hydrogens is 488 g/mol. The third kappa shape index (κ3) is 4.50. The molecule has 1 N–H and O–H groups in total. The van der Waals surface area contributed by atoms with Crippen LogP contribution in [0.15, 0.2) is 59.7 Å². The lowest BCUT2D eigenvalue weighted by atomic mass is 9.89. The van der Waals surface area contributed by atoms with Crippen molar-refractivity contribution >= 4 is 17.1 Å². The minimum absolute atomic E-state index is 0.00620. The van der Waals surface area contributed by atoms with Crippen LogP contribution in [0.25, 0.3) is 11.2 Å². The summed E-state index contributed by atoms with van der Waals surface area (Å²) < 4.78 is 30.3. The van der Waals surface area contributed by atoms with Crippen molar-refractivity contribution in [1.29, 1.82) is 0 Å². The molecule has 0 spiro atoms. The minimum Gasteiger partial charge on any atom is -0.343 e. The van der Waals surface area contributed by atoms with E-state index in [0.29, 0.717) is 62.8 Å². The van der Waals surface area contributed by atoms with Gasteiger partial charge in [-0.15, -0.1) is 0 Å². The van der Waals surface area contributed by atoms with Crippen LogP contribution in [0.1, 0.15) is 66.8 Å². The summed E-state index contributed by atoms with van der Waals surface area (Å²) in [6.07, 6.45) is 6.97. The molecule has 1 fully saturated rings. The number of aromatic amines is 1. The van der Waals surface area contributed by atoms with E-state index in [1.807, 2.05) is 29.2 Å². The van der Waals surface area contributed by atoms with Gasteiger partial charge < -0.3 is 4.90 Å². The van der Waals surface area contributed by atoms with Crippen molar-refractivity contribution in [2.45, 2.75) is 56.4 Å². The maximum absolute atomic E-state index is 14.6. The molecule has 0 unspecified atom stereocenters. The standard InChI is InChI=1S/C29H29F2N5O2/c30-23-6-1-5-22(26(23)31)18-8-9-20(27-19(16-18)4-2-12-32-27)17-25(37)35-14-10-21(11-15-35)36-24-7-3-13-33-28(24)34-29(36)38/h1-7,12-13,18,20-21H,8-11,14-17H2,(H,33,34,38)/t18-,20-/m0/s1. The molecule has 9 heteroatoms. The zero-order valence-electron chi connectivity index (χ0n) is 20.9. The number of hydrogen-bond donors (Lipinski definition) is 1. The zero-order valence-corrected chi connectivity index (χ0v) is 20.9. The molecule has 196 valence electrons. The number of nitrogens with one attached hydrogen (secondary N) is 1. The molecule has 7 nitrogen and oxygen atoms in total. The SMILES string of the molecule is O=C(C[C@@H]1CC[C@H](c2cccc(F)c2F)Cc2cccnc21)N1CCC(n2c(=O)[nH]c3ncccc32)CC1. The lowest BCUT2D eigenvalue weighted by Crippen LogP contribution is -2.41. The summed E-state index contributed by atoms with van der Waals surface area (Å²) in [5.41, 5.74) is 3.44. The highest BCUT2D eigenvalue weighted by atomic mass is 19.2. The summed E-state index contributed by atoms with van der Waals surface area (Å²) in [4.78, 5) is 39.5. The molecule has 0 saturated carbocycles. The first-order valence-electron chi connectivity index (χ1n) is 13.2. The van der Waals surface area contributed by atoms with Gasteiger partial charge in [-0.25, -0.2) is 18.6 Å². The van der Waals surface area contributed by atoms with Gasteiger partial charge in [-0.1, -0.05) is 18.2 Å². The van der Waals surface area contributed by atoms with Crippen molar-refractivity contribution in [3.05, 3.63) is 93.8 Å². The normalized spacial score (nSPS) is 20.3. The molecule has 3 aromatic heterocycles. The van der Waals surface area contributed by atoms with Gasteiger partial charge in [-0.2, -0.15) is 0 Å². The maximum Gasteiger partial charge on any atom is 0.327 e. The van der Waals surface area contributed by atoms with Gasteiger partial charge in [-0.3, -0.25) is 19.3 Å². The molecule has 1 amide bonds. The molecule has 38 heavy (non-hydrogen) atoms. The number of aromatic nitrogens is 4. The Morgan fingerprint density at radius 2 is 1.76 bits per heavy atom. The highest BCUT2D eigenvalue weighted by Crippen LogP contribution is 2.39. The topological polar surface area (TPSA) is 83.9 Å². The Labute approximate surface area is 218 Å². The van der Waals surface area contributed by atoms with E-state index in [1.165, 1.54) is 0 Å². The Balaban J connectivity index is 1.15. The van der Waals surface area contributed by atoms with Gasteiger partial charge in [0.1, 0.15) is 0 Å². The van der Waals surface area contributed by atoms with E-state index in [0.717, 1.165) is 22.8 Å². The number of hydrogen-bond acceptors (Lipinski definition) is 4. The van der Waals surface area contributed by atoms with Crippen LogP contribution in [0, 0.1) is 11.6 Å². The summed E-state index contributed by atoms with van der Waals surface area (Å²) in [7, 11) is 0. The van der Waals surface area contributed by atoms with Gasteiger partial charge in [0.15, 0.2) is 17.3 Å². The molecule has 1 aliphatic carbocycles. The largest absolute Gasteiger partial charge is 0.343 e. The van der Waals surface area contributed by atoms with Gasteiger partial charge in [0.05, 0.1) is 5.52 Å². The van der Waals surface area contributed by atoms with Crippen LogP contribution in [-0.2, 0) is 11.2 Å². The number of H-pyrrole nitrogens is 1. The fourth-order valence-corrected chi connectivity index (χ4v) is 6.23. The molecule has 6 rings (SSSR count). The minimum atomic E-state index is -0.834. The lowest BCUT2D eigenvalue weighted by molar-refractivity contribution is -0.133. The van der Waals surface area contributed by atoms with Gasteiger partial charge in [0, 0.05) is 49.6 Å². The quantitative estimate of drug-likeness (QED) is 0.392. The highest BCUT2D eigenvalue weighted by molar-refractivity contribution is 5.77. The fourth-order valence-electron chi connectivity index (χ4n) is 6.23. The van der Waals surface area contributed by atoms with E-state index in [9.17, 15) is 18.4 Å². The van der Waals surface area contributed by atoms with Crippen LogP contribution in [0.5, 0.6) is 0 Å². The number of likely N-dealkylation sites (tertiary alicyclic amines) is 1. The monoisotopic (exact) mass is 517 g/mol. The Morgan fingerprint density at radius 1 is 0.974 bits per heavy atom. The van der Waals surface area contributed by atoms with E-state index >= 15 is 0 Å². The van der Waals surface area contributed by atoms with E-state index in [2.05, 4.69) is 15.0 Å². The van der Waals surface area contributed by atoms with Crippen molar-refractivity contribution in [1.82, 2.24) is 24.4 Å². The number of piperidine rings is 1. The zero-order chi connectivity index (χ0) is 26.2. The molecule has 2 aliphatic rings. The van der Waals surface area contributed by atoms with Crippen molar-refractivity contribution in [3.8, 4) is 0 Å². The Hall–Kier alpha value is -3.88. The fraction of sp³-hybridized carbons (Fsp3) is 0.379. The number of halogens is 2. The van der Waals surface area contributed by atoms with E-state index in [-0.39, 0.29) is 29.5 Å². The number of benzene rings is 1. The van der Waals surface area contributed by atoms with E-state index in [1.54, 1.807) is 29.1 Å². The Kier molecular flexibility index (Phi) is 6.51. The van der Waals surface area contributed by atoms with Crippen LogP contribution < -0.4 is 5.69 Å². The van der Waals surface area contributed by atoms with Crippen molar-refractivity contribution in [2.75, 3.05) is 13.1 Å². The molecular formula is C29H29F2N5O2. The third-order valence-corrected chi connectivity index (χ3v) is 8.16. The average Bonchev–Trinajstić information content (AvgIpc) is 3.16. The molecule has 4 aromatic rings. The van der Waals surface area contributed by atoms with Crippen molar-refractivity contribution < 1.29 is 13.6 Å². The van der Waals surface area contributed by atoms with Crippen LogP contribution >= 0.6 is 0 Å². The third-order valence-electron chi connectivity index (χ3n) is 8.16. The molecule has 1 aliphatic heterocycles. The molecule has 4 heterocycles. The number of rotatable bonds is 4. The summed E-state index contributed by atoms with van der Waals surface area (Å²) in [6.45, 7) is 1.14. The van der Waals surface area contributed by atoms with Crippen LogP contribution in [0.2, 0.25) is 0 Å². The van der Waals surface area contributed by atoms with Gasteiger partial charge in [-0.05, 0) is 73.4 Å². The van der Waals surface area contributed by atoms with Crippen molar-refractivity contribution in [3.63, 3.8) is 0 Å². The number of pyridine rings is 2. The number of imidazole rings is 1. The number of fused-ring (bicyclic) bond motifs is 2. The van der Waals surface area contributed by atoms with Gasteiger partial charge in [0.25, 0.3) is 0 Å². The molecule has 0 bridgehead atoms. The van der Waals surface area contributed by atoms with Crippen LogP contribution in [0.3, 0.4) is 0 Å². The second kappa shape index (κ2) is 10.1. The molecule has 0 radical (unpaired) electrons. The lowest BCUT2D eigenvalue weighted by Gasteiger charge is -2.33. The summed E-state index contributed by atoms with van der Waals surface area (Å²) >= 11 is 0. The Bertz CT molecular complexity index is 1540. The van der Waals surface area contributed by atoms with Crippen LogP contribution in [0.4, 0.5) is 8.78 Å². The first-order valence-corrected chi connectivity index (χ1v) is 13.2. The molecule has 1 aromatic carbocycles. The van der Waals surface area contributed by atoms with Gasteiger partial charge >= 0.3 is 5.69 Å². The van der Waals surface area contributed by atoms with E-state index in [4.69, 9.17) is 0 Å². The predicted octanol–water partition coefficient (Wildman–Crippen LogP) is 4.86. The highest BCUT2D eigenvalue weighted by Gasteiger charge is 2.32. The summed E-state index contributed by atoms with van der Waals surface area (Å²) in [6, 6.07) is 11.9. The summed E-state index contributed by atoms with van der Waals surface area (Å²) in [5, 5.41) is 0. The van der Waals surface area contributed by atoms with Crippen molar-refractivity contribution in [2.24, 2.45) is 0 Å². The Morgan fingerprint density at radius 3 is 2.61 bits per heavy atom. The molecule has 2 atom stereocenters. The number of carbonyl (C=O) groups excluding carboxylic acids is 1. The number of amides is 1. The second-order valence-corrected chi connectivity index (χ2v) is 10.4. The van der Waals surface area contributed by atoms with E-state index < -0.39 is 11.6 Å². The molecule has 1 saturated heterocycles. The van der Waals surface area contributed by atoms with Gasteiger partial charge in [0.2, 0.25) is 5.91 Å². The first kappa shape index (κ1) is 24.5. The second-order valence-electron chi connectivity index (χ2n) is 10.4. The summed E-state index contributed by atoms with van der Waals surface area (Å²) in [5.74, 6) is -1.81. The predicted molar refractivity (Wildman–Crippen MR) is 139 cm³/mol. The number of nitrogens with zero attached hydrogens (tertiary/aromatic N) is 4. The van der Waals surface area contributed by atoms with Crippen LogP contribution in [-0.4, -0.2) is 43.4 Å². The first-order chi connectivity index (χ1) is 18.5. The average molecular weight is 518 g/mol.